The third-order valence-electron chi connectivity index (χ3n) is 10.2. The Labute approximate surface area is 255 Å². The quantitative estimate of drug-likeness (QED) is 0.192. The maximum Gasteiger partial charge on any atom is 0.135 e. The van der Waals surface area contributed by atoms with Gasteiger partial charge < -0.3 is 4.42 Å². The van der Waals surface area contributed by atoms with Gasteiger partial charge in [-0.2, -0.15) is 0 Å². The van der Waals surface area contributed by atoms with Crippen LogP contribution in [0.25, 0.3) is 87.6 Å². The van der Waals surface area contributed by atoms with Crippen LogP contribution in [0.4, 0.5) is 0 Å². The molecule has 0 radical (unpaired) electrons. The maximum absolute atomic E-state index is 6.50. The molecule has 8 aromatic carbocycles. The van der Waals surface area contributed by atoms with Gasteiger partial charge in [-0.15, -0.1) is 0 Å². The summed E-state index contributed by atoms with van der Waals surface area (Å²) in [5, 5.41) is 10.2. The third kappa shape index (κ3) is 3.09. The minimum absolute atomic E-state index is 0.0493. The van der Waals surface area contributed by atoms with Crippen molar-refractivity contribution in [2.24, 2.45) is 0 Å². The van der Waals surface area contributed by atoms with Crippen LogP contribution in [0, 0.1) is 0 Å². The van der Waals surface area contributed by atoms with Crippen molar-refractivity contribution in [3.63, 3.8) is 0 Å². The Balaban J connectivity index is 1.21. The summed E-state index contributed by atoms with van der Waals surface area (Å²) >= 11 is 0. The Kier molecular flexibility index (Phi) is 4.58. The minimum atomic E-state index is -0.0493. The van der Waals surface area contributed by atoms with Gasteiger partial charge >= 0.3 is 0 Å². The molecule has 0 fully saturated rings. The number of hydrogen-bond donors (Lipinski definition) is 0. The van der Waals surface area contributed by atoms with Crippen molar-refractivity contribution in [2.75, 3.05) is 0 Å². The summed E-state index contributed by atoms with van der Waals surface area (Å²) in [4.78, 5) is 0. The molecule has 9 aromatic rings. The van der Waals surface area contributed by atoms with Crippen LogP contribution in [-0.4, -0.2) is 0 Å². The fourth-order valence-corrected chi connectivity index (χ4v) is 8.06. The number of fused-ring (bicyclic) bond motifs is 6. The van der Waals surface area contributed by atoms with Gasteiger partial charge in [0, 0.05) is 16.2 Å². The van der Waals surface area contributed by atoms with Crippen LogP contribution in [0.2, 0.25) is 0 Å². The van der Waals surface area contributed by atoms with Crippen LogP contribution < -0.4 is 0 Å². The molecule has 44 heavy (non-hydrogen) atoms. The second-order valence-corrected chi connectivity index (χ2v) is 12.9. The van der Waals surface area contributed by atoms with E-state index in [1.165, 1.54) is 87.6 Å². The zero-order valence-electron chi connectivity index (χ0n) is 24.6. The lowest BCUT2D eigenvalue weighted by Crippen LogP contribution is -2.14. The van der Waals surface area contributed by atoms with E-state index in [-0.39, 0.29) is 5.41 Å². The van der Waals surface area contributed by atoms with E-state index in [1.54, 1.807) is 0 Å². The van der Waals surface area contributed by atoms with Crippen molar-refractivity contribution >= 4 is 54.3 Å². The molecule has 0 spiro atoms. The third-order valence-corrected chi connectivity index (χ3v) is 10.2. The SMILES string of the molecule is CC1(C)c2ccccc2-c2cc3c(cc21)oc1ccc(-c2ccc4ccc5c(-c6ccccc6)ccc6ccc2c4c65)cc13. The second-order valence-electron chi connectivity index (χ2n) is 12.9. The molecular formula is C43H28O. The van der Waals surface area contributed by atoms with Crippen LogP contribution in [0.1, 0.15) is 25.0 Å². The van der Waals surface area contributed by atoms with E-state index in [1.807, 2.05) is 0 Å². The average molecular weight is 561 g/mol. The first kappa shape index (κ1) is 24.1. The van der Waals surface area contributed by atoms with E-state index in [0.29, 0.717) is 0 Å². The van der Waals surface area contributed by atoms with Gasteiger partial charge in [-0.25, -0.2) is 0 Å². The van der Waals surface area contributed by atoms with Gasteiger partial charge in [0.15, 0.2) is 0 Å². The van der Waals surface area contributed by atoms with Crippen molar-refractivity contribution < 1.29 is 4.42 Å². The average Bonchev–Trinajstić information content (AvgIpc) is 3.54. The molecule has 0 unspecified atom stereocenters. The van der Waals surface area contributed by atoms with E-state index in [2.05, 4.69) is 147 Å². The molecule has 1 heterocycles. The zero-order chi connectivity index (χ0) is 29.2. The van der Waals surface area contributed by atoms with Gasteiger partial charge in [-0.3, -0.25) is 0 Å². The van der Waals surface area contributed by atoms with Crippen LogP contribution in [0.3, 0.4) is 0 Å². The van der Waals surface area contributed by atoms with Gasteiger partial charge in [0.25, 0.3) is 0 Å². The normalized spacial score (nSPS) is 13.9. The van der Waals surface area contributed by atoms with Crippen LogP contribution in [0.5, 0.6) is 0 Å². The lowest BCUT2D eigenvalue weighted by Gasteiger charge is -2.21. The summed E-state index contributed by atoms with van der Waals surface area (Å²) in [6.07, 6.45) is 0. The van der Waals surface area contributed by atoms with E-state index in [4.69, 9.17) is 4.42 Å². The van der Waals surface area contributed by atoms with Crippen molar-refractivity contribution in [3.8, 4) is 33.4 Å². The maximum atomic E-state index is 6.50. The Hall–Kier alpha value is -5.40. The van der Waals surface area contributed by atoms with Gasteiger partial charge in [-0.1, -0.05) is 123 Å². The highest BCUT2D eigenvalue weighted by Gasteiger charge is 2.36. The summed E-state index contributed by atoms with van der Waals surface area (Å²) < 4.78 is 6.50. The molecule has 10 rings (SSSR count). The summed E-state index contributed by atoms with van der Waals surface area (Å²) in [7, 11) is 0. The Morgan fingerprint density at radius 3 is 1.80 bits per heavy atom. The van der Waals surface area contributed by atoms with E-state index in [0.717, 1.165) is 11.2 Å². The van der Waals surface area contributed by atoms with Crippen LogP contribution >= 0.6 is 0 Å². The highest BCUT2D eigenvalue weighted by molar-refractivity contribution is 6.27. The molecule has 1 aliphatic carbocycles. The largest absolute Gasteiger partial charge is 0.456 e. The van der Waals surface area contributed by atoms with E-state index >= 15 is 0 Å². The van der Waals surface area contributed by atoms with Gasteiger partial charge in [0.1, 0.15) is 11.2 Å². The molecule has 0 atom stereocenters. The topological polar surface area (TPSA) is 13.1 Å². The molecule has 0 bridgehead atoms. The molecule has 0 saturated heterocycles. The van der Waals surface area contributed by atoms with Crippen molar-refractivity contribution in [3.05, 3.63) is 145 Å². The Bertz CT molecular complexity index is 2620. The molecule has 0 amide bonds. The summed E-state index contributed by atoms with van der Waals surface area (Å²) in [6, 6.07) is 49.2. The number of furan rings is 1. The molecule has 1 nitrogen and oxygen atoms in total. The minimum Gasteiger partial charge on any atom is -0.456 e. The molecule has 1 heteroatoms. The summed E-state index contributed by atoms with van der Waals surface area (Å²) in [5.74, 6) is 0. The highest BCUT2D eigenvalue weighted by atomic mass is 16.3. The van der Waals surface area contributed by atoms with Gasteiger partial charge in [-0.05, 0) is 101 Å². The van der Waals surface area contributed by atoms with Crippen molar-refractivity contribution in [1.82, 2.24) is 0 Å². The molecule has 1 aromatic heterocycles. The summed E-state index contributed by atoms with van der Waals surface area (Å²) in [5.41, 5.74) is 12.2. The molecule has 0 saturated carbocycles. The highest BCUT2D eigenvalue weighted by Crippen LogP contribution is 2.51. The standard InChI is InChI=1S/C43H28O/c1-43(2)37-11-7-6-10-31(37)34-23-36-35-22-28(16-21-39(35)44-40(36)24-38(34)43)30-18-13-27-14-19-32-29(25-8-4-3-5-9-25)17-12-26-15-20-33(30)42(27)41(26)32/h3-24H,1-2H3. The molecular weight excluding hydrogens is 532 g/mol. The van der Waals surface area contributed by atoms with E-state index < -0.39 is 0 Å². The zero-order valence-corrected chi connectivity index (χ0v) is 24.6. The lowest BCUT2D eigenvalue weighted by atomic mass is 9.82. The van der Waals surface area contributed by atoms with Crippen molar-refractivity contribution in [2.45, 2.75) is 19.3 Å². The molecule has 0 N–H and O–H groups in total. The fourth-order valence-electron chi connectivity index (χ4n) is 8.06. The monoisotopic (exact) mass is 560 g/mol. The number of benzene rings is 8. The first-order valence-corrected chi connectivity index (χ1v) is 15.4. The van der Waals surface area contributed by atoms with Crippen LogP contribution in [0.15, 0.2) is 138 Å². The van der Waals surface area contributed by atoms with E-state index in [9.17, 15) is 0 Å². The first-order chi connectivity index (χ1) is 21.6. The predicted molar refractivity (Wildman–Crippen MR) is 186 cm³/mol. The number of rotatable bonds is 2. The second kappa shape index (κ2) is 8.36. The van der Waals surface area contributed by atoms with Gasteiger partial charge in [0.2, 0.25) is 0 Å². The first-order valence-electron chi connectivity index (χ1n) is 15.4. The number of hydrogen-bond acceptors (Lipinski definition) is 1. The fraction of sp³-hybridized carbons (Fsp3) is 0.0698. The Morgan fingerprint density at radius 2 is 1.05 bits per heavy atom. The Morgan fingerprint density at radius 1 is 0.409 bits per heavy atom. The molecule has 1 aliphatic rings. The lowest BCUT2D eigenvalue weighted by molar-refractivity contribution is 0.647. The van der Waals surface area contributed by atoms with Gasteiger partial charge in [0.05, 0.1) is 0 Å². The predicted octanol–water partition coefficient (Wildman–Crippen LogP) is 12.1. The van der Waals surface area contributed by atoms with Crippen molar-refractivity contribution in [1.29, 1.82) is 0 Å². The summed E-state index contributed by atoms with van der Waals surface area (Å²) in [6.45, 7) is 4.64. The van der Waals surface area contributed by atoms with Crippen LogP contribution in [-0.2, 0) is 5.41 Å². The smallest absolute Gasteiger partial charge is 0.135 e. The molecule has 206 valence electrons. The molecule has 0 aliphatic heterocycles.